The quantitative estimate of drug-likeness (QED) is 0.322. The van der Waals surface area contributed by atoms with Crippen LogP contribution in [0.5, 0.6) is 5.75 Å². The maximum atomic E-state index is 14.0. The van der Waals surface area contributed by atoms with Crippen molar-refractivity contribution < 1.29 is 41.0 Å². The highest BCUT2D eigenvalue weighted by atomic mass is 79.9. The van der Waals surface area contributed by atoms with E-state index in [2.05, 4.69) is 21.2 Å². The van der Waals surface area contributed by atoms with Gasteiger partial charge in [0.05, 0.1) is 23.1 Å². The van der Waals surface area contributed by atoms with E-state index >= 15 is 0 Å². The van der Waals surface area contributed by atoms with Crippen LogP contribution in [-0.4, -0.2) is 73.7 Å². The van der Waals surface area contributed by atoms with Gasteiger partial charge in [-0.3, -0.25) is 4.79 Å². The first-order chi connectivity index (χ1) is 19.4. The molecule has 2 heterocycles. The number of ether oxygens (including phenoxy) is 1. The Kier molecular flexibility index (Phi) is 8.94. The van der Waals surface area contributed by atoms with Crippen molar-refractivity contribution in [2.75, 3.05) is 33.3 Å². The number of benzene rings is 3. The molecule has 1 aromatic heterocycles. The van der Waals surface area contributed by atoms with Crippen molar-refractivity contribution in [3.63, 3.8) is 0 Å². The highest BCUT2D eigenvalue weighted by Crippen LogP contribution is 2.35. The van der Waals surface area contributed by atoms with Crippen LogP contribution in [0.25, 0.3) is 21.7 Å². The Morgan fingerprint density at radius 1 is 1.00 bits per heavy atom. The van der Waals surface area contributed by atoms with E-state index in [0.717, 1.165) is 17.4 Å². The zero-order valence-corrected chi connectivity index (χ0v) is 24.0. The van der Waals surface area contributed by atoms with Gasteiger partial charge in [-0.05, 0) is 43.3 Å². The highest BCUT2D eigenvalue weighted by Gasteiger charge is 2.38. The molecule has 0 unspecified atom stereocenters. The third-order valence-corrected chi connectivity index (χ3v) is 8.66. The number of nitrogens with one attached hydrogen (secondary N) is 1. The molecule has 0 spiro atoms. The number of halogens is 4. The Morgan fingerprint density at radius 3 is 2.34 bits per heavy atom. The van der Waals surface area contributed by atoms with Crippen LogP contribution in [0.15, 0.2) is 70.2 Å². The average molecular weight is 656 g/mol. The van der Waals surface area contributed by atoms with Gasteiger partial charge in [0.2, 0.25) is 0 Å². The molecule has 1 aliphatic heterocycles. The van der Waals surface area contributed by atoms with Crippen LogP contribution in [0.4, 0.5) is 13.2 Å². The Morgan fingerprint density at radius 2 is 1.68 bits per heavy atom. The summed E-state index contributed by atoms with van der Waals surface area (Å²) in [7, 11) is -2.46. The Bertz CT molecular complexity index is 1710. The minimum Gasteiger partial charge on any atom is -0.496 e. The molecule has 2 N–H and O–H groups in total. The van der Waals surface area contributed by atoms with Crippen LogP contribution in [0.1, 0.15) is 16.8 Å². The lowest BCUT2D eigenvalue weighted by Gasteiger charge is -2.19. The maximum Gasteiger partial charge on any atom is 0.490 e. The predicted molar refractivity (Wildman–Crippen MR) is 150 cm³/mol. The van der Waals surface area contributed by atoms with Crippen molar-refractivity contribution in [3.05, 3.63) is 70.8 Å². The second-order valence-electron chi connectivity index (χ2n) is 9.02. The van der Waals surface area contributed by atoms with Gasteiger partial charge in [-0.2, -0.15) is 13.2 Å². The van der Waals surface area contributed by atoms with Crippen LogP contribution >= 0.6 is 15.9 Å². The van der Waals surface area contributed by atoms with E-state index in [1.54, 1.807) is 54.5 Å². The van der Waals surface area contributed by atoms with Crippen molar-refractivity contribution >= 4 is 59.5 Å². The molecule has 14 heteroatoms. The zero-order chi connectivity index (χ0) is 29.9. The van der Waals surface area contributed by atoms with E-state index < -0.39 is 22.2 Å². The normalized spacial score (nSPS) is 14.3. The molecule has 0 saturated carbocycles. The molecule has 3 aromatic carbocycles. The highest BCUT2D eigenvalue weighted by molar-refractivity contribution is 9.10. The van der Waals surface area contributed by atoms with Gasteiger partial charge in [0.15, 0.2) is 0 Å². The number of nitrogens with zero attached hydrogens (tertiary/aromatic N) is 2. The molecule has 9 nitrogen and oxygen atoms in total. The number of fused-ring (bicyclic) bond motifs is 2. The first kappa shape index (κ1) is 30.3. The monoisotopic (exact) mass is 655 g/mol. The topological polar surface area (TPSA) is 118 Å². The molecule has 1 fully saturated rings. The van der Waals surface area contributed by atoms with Gasteiger partial charge in [0.25, 0.3) is 15.9 Å². The molecular formula is C27H25BrF3N3O6S. The first-order valence-corrected chi connectivity index (χ1v) is 14.5. The summed E-state index contributed by atoms with van der Waals surface area (Å²) in [4.78, 5) is 24.3. The van der Waals surface area contributed by atoms with Gasteiger partial charge in [0, 0.05) is 46.5 Å². The number of carbonyl (C=O) groups excluding carboxylic acids is 1. The number of aromatic nitrogens is 1. The van der Waals surface area contributed by atoms with E-state index in [0.29, 0.717) is 52.6 Å². The van der Waals surface area contributed by atoms with Crippen molar-refractivity contribution in [1.29, 1.82) is 0 Å². The largest absolute Gasteiger partial charge is 0.496 e. The minimum absolute atomic E-state index is 0.154. The number of hydrogen-bond donors (Lipinski definition) is 2. The lowest BCUT2D eigenvalue weighted by molar-refractivity contribution is -0.192. The molecule has 0 atom stereocenters. The molecule has 1 amide bonds. The Labute approximate surface area is 241 Å². The molecule has 218 valence electrons. The van der Waals surface area contributed by atoms with Crippen LogP contribution in [0.3, 0.4) is 0 Å². The molecule has 41 heavy (non-hydrogen) atoms. The van der Waals surface area contributed by atoms with E-state index in [-0.39, 0.29) is 10.8 Å². The number of rotatable bonds is 4. The molecule has 1 aliphatic rings. The van der Waals surface area contributed by atoms with Crippen molar-refractivity contribution in [3.8, 4) is 5.75 Å². The fraction of sp³-hybridized carbons (Fsp3) is 0.259. The summed E-state index contributed by atoms with van der Waals surface area (Å²) in [6, 6.07) is 15.8. The summed E-state index contributed by atoms with van der Waals surface area (Å²) in [5.74, 6) is -2.32. The predicted octanol–water partition coefficient (Wildman–Crippen LogP) is 4.87. The summed E-state index contributed by atoms with van der Waals surface area (Å²) in [5, 5.41) is 12.3. The summed E-state index contributed by atoms with van der Waals surface area (Å²) < 4.78 is 67.2. The van der Waals surface area contributed by atoms with E-state index in [4.69, 9.17) is 14.6 Å². The summed E-state index contributed by atoms with van der Waals surface area (Å²) >= 11 is 3.47. The van der Waals surface area contributed by atoms with Crippen LogP contribution < -0.4 is 10.1 Å². The number of carboxylic acid groups (broad SMARTS) is 1. The van der Waals surface area contributed by atoms with Gasteiger partial charge < -0.3 is 20.1 Å². The van der Waals surface area contributed by atoms with E-state index in [9.17, 15) is 26.4 Å². The summed E-state index contributed by atoms with van der Waals surface area (Å²) in [6.45, 7) is 2.78. The third kappa shape index (κ3) is 6.34. The number of carboxylic acids is 1. The number of aliphatic carboxylic acids is 1. The van der Waals surface area contributed by atoms with Gasteiger partial charge in [-0.25, -0.2) is 17.2 Å². The molecule has 0 radical (unpaired) electrons. The van der Waals surface area contributed by atoms with Crippen molar-refractivity contribution in [2.24, 2.45) is 0 Å². The average Bonchev–Trinajstić information content (AvgIpc) is 3.10. The third-order valence-electron chi connectivity index (χ3n) is 6.43. The standard InChI is InChI=1S/C25H24BrN3O4S.C2HF3O2/c1-33-23-9-10-24(19-6-3-2-5-18(19)23)34(31,32)29-16-21(20-15-17(26)7-8-22(20)29)25(30)28-13-4-11-27-12-14-28;3-2(4,5)1(6)7/h2-3,5-10,15-16,27H,4,11-14H2,1H3;(H,6,7). The zero-order valence-electron chi connectivity index (χ0n) is 21.6. The Hall–Kier alpha value is -3.62. The summed E-state index contributed by atoms with van der Waals surface area (Å²) in [5.41, 5.74) is 0.832. The maximum absolute atomic E-state index is 14.0. The van der Waals surface area contributed by atoms with Crippen molar-refractivity contribution in [2.45, 2.75) is 17.5 Å². The number of hydrogen-bond acceptors (Lipinski definition) is 6. The smallest absolute Gasteiger partial charge is 0.490 e. The molecule has 4 aromatic rings. The fourth-order valence-electron chi connectivity index (χ4n) is 4.51. The molecular weight excluding hydrogens is 631 g/mol. The van der Waals surface area contributed by atoms with E-state index in [1.807, 2.05) is 12.1 Å². The molecule has 1 saturated heterocycles. The van der Waals surface area contributed by atoms with Crippen LogP contribution in [0, 0.1) is 0 Å². The van der Waals surface area contributed by atoms with Gasteiger partial charge in [0.1, 0.15) is 5.75 Å². The number of carbonyl (C=O) groups is 2. The summed E-state index contributed by atoms with van der Waals surface area (Å²) in [6.07, 6.45) is -2.77. The molecule has 0 aliphatic carbocycles. The second-order valence-corrected chi connectivity index (χ2v) is 11.7. The van der Waals surface area contributed by atoms with Gasteiger partial charge in [-0.1, -0.05) is 40.2 Å². The minimum atomic E-state index is -5.08. The number of alkyl halides is 3. The SMILES string of the molecule is COc1ccc(S(=O)(=O)n2cc(C(=O)N3CCCNCC3)c3cc(Br)ccc32)c2ccccc12.O=C(O)C(F)(F)F. The van der Waals surface area contributed by atoms with E-state index in [1.165, 1.54) is 10.2 Å². The molecule has 5 rings (SSSR count). The first-order valence-electron chi connectivity index (χ1n) is 12.3. The molecule has 0 bridgehead atoms. The van der Waals surface area contributed by atoms with Gasteiger partial charge >= 0.3 is 12.1 Å². The lowest BCUT2D eigenvalue weighted by atomic mass is 10.1. The lowest BCUT2D eigenvalue weighted by Crippen LogP contribution is -2.34. The fourth-order valence-corrected chi connectivity index (χ4v) is 6.44. The number of methoxy groups -OCH3 is 1. The second kappa shape index (κ2) is 12.1. The number of amides is 1. The van der Waals surface area contributed by atoms with Crippen LogP contribution in [-0.2, 0) is 14.8 Å². The Balaban J connectivity index is 0.000000493. The van der Waals surface area contributed by atoms with Crippen molar-refractivity contribution in [1.82, 2.24) is 14.2 Å². The van der Waals surface area contributed by atoms with Crippen LogP contribution in [0.2, 0.25) is 0 Å². The van der Waals surface area contributed by atoms with Gasteiger partial charge in [-0.15, -0.1) is 0 Å².